The minimum absolute atomic E-state index is 0.384. The third-order valence-electron chi connectivity index (χ3n) is 3.25. The summed E-state index contributed by atoms with van der Waals surface area (Å²) in [5.74, 6) is 0. The number of hydrogen-bond donors (Lipinski definition) is 2. The lowest BCUT2D eigenvalue weighted by atomic mass is 10.1. The fourth-order valence-electron chi connectivity index (χ4n) is 2.44. The number of hydrogen-bond acceptors (Lipinski definition) is 3. The van der Waals surface area contributed by atoms with Crippen LogP contribution < -0.4 is 11.1 Å². The molecular formula is C14H15N3. The zero-order valence-electron chi connectivity index (χ0n) is 9.56. The number of nitrogens with one attached hydrogen (secondary N) is 1. The van der Waals surface area contributed by atoms with E-state index in [-0.39, 0.29) is 0 Å². The molecule has 0 bridgehead atoms. The van der Waals surface area contributed by atoms with Gasteiger partial charge in [0.25, 0.3) is 0 Å². The van der Waals surface area contributed by atoms with Crippen molar-refractivity contribution >= 4 is 11.4 Å². The van der Waals surface area contributed by atoms with Gasteiger partial charge in [0.2, 0.25) is 0 Å². The van der Waals surface area contributed by atoms with Crippen LogP contribution in [0.4, 0.5) is 11.4 Å². The Hall–Kier alpha value is -2.03. The number of fused-ring (bicyclic) bond motifs is 1. The maximum absolute atomic E-state index is 5.80. The van der Waals surface area contributed by atoms with Crippen LogP contribution in [0.25, 0.3) is 0 Å². The minimum atomic E-state index is 0.384. The van der Waals surface area contributed by atoms with Gasteiger partial charge in [-0.15, -0.1) is 0 Å². The third-order valence-corrected chi connectivity index (χ3v) is 3.25. The standard InChI is InChI=1S/C14H15N3/c15-11-4-5-13-10(8-11)3-6-14(13)17-12-2-1-7-16-9-12/h1-2,4-5,7-9,14,17H,3,6,15H2. The number of aryl methyl sites for hydroxylation is 1. The SMILES string of the molecule is Nc1ccc2c(c1)CCC2Nc1cccnc1. The topological polar surface area (TPSA) is 50.9 Å². The first kappa shape index (κ1) is 10.1. The van der Waals surface area contributed by atoms with Crippen LogP contribution in [0.2, 0.25) is 0 Å². The van der Waals surface area contributed by atoms with Crippen molar-refractivity contribution in [2.24, 2.45) is 0 Å². The van der Waals surface area contributed by atoms with Crippen LogP contribution >= 0.6 is 0 Å². The summed E-state index contributed by atoms with van der Waals surface area (Å²) in [7, 11) is 0. The Morgan fingerprint density at radius 1 is 1.29 bits per heavy atom. The second-order valence-corrected chi connectivity index (χ2v) is 4.44. The molecule has 0 spiro atoms. The highest BCUT2D eigenvalue weighted by atomic mass is 14.9. The average Bonchev–Trinajstić information content (AvgIpc) is 2.73. The van der Waals surface area contributed by atoms with Crippen LogP contribution in [0.1, 0.15) is 23.6 Å². The van der Waals surface area contributed by atoms with Gasteiger partial charge in [-0.25, -0.2) is 0 Å². The highest BCUT2D eigenvalue weighted by molar-refractivity contribution is 5.51. The van der Waals surface area contributed by atoms with Crippen molar-refractivity contribution in [1.82, 2.24) is 4.98 Å². The number of rotatable bonds is 2. The summed E-state index contributed by atoms with van der Waals surface area (Å²) in [5.41, 5.74) is 10.5. The second-order valence-electron chi connectivity index (χ2n) is 4.44. The largest absolute Gasteiger partial charge is 0.399 e. The summed E-state index contributed by atoms with van der Waals surface area (Å²) in [6, 6.07) is 10.6. The molecule has 1 unspecified atom stereocenters. The predicted octanol–water partition coefficient (Wildman–Crippen LogP) is 2.76. The van der Waals surface area contributed by atoms with E-state index in [9.17, 15) is 0 Å². The van der Waals surface area contributed by atoms with Crippen LogP contribution in [-0.4, -0.2) is 4.98 Å². The first-order valence-electron chi connectivity index (χ1n) is 5.88. The van der Waals surface area contributed by atoms with Crippen molar-refractivity contribution in [3.05, 3.63) is 53.9 Å². The number of nitrogens with zero attached hydrogens (tertiary/aromatic N) is 1. The van der Waals surface area contributed by atoms with Crippen molar-refractivity contribution in [2.45, 2.75) is 18.9 Å². The van der Waals surface area contributed by atoms with Crippen LogP contribution in [0.5, 0.6) is 0 Å². The zero-order valence-corrected chi connectivity index (χ0v) is 9.56. The Kier molecular flexibility index (Phi) is 2.44. The van der Waals surface area contributed by atoms with Gasteiger partial charge in [0.15, 0.2) is 0 Å². The van der Waals surface area contributed by atoms with Crippen molar-refractivity contribution in [1.29, 1.82) is 0 Å². The van der Waals surface area contributed by atoms with Crippen molar-refractivity contribution < 1.29 is 0 Å². The zero-order chi connectivity index (χ0) is 11.7. The summed E-state index contributed by atoms with van der Waals surface area (Å²) >= 11 is 0. The molecular weight excluding hydrogens is 210 g/mol. The molecule has 86 valence electrons. The fraction of sp³-hybridized carbons (Fsp3) is 0.214. The quantitative estimate of drug-likeness (QED) is 0.773. The molecule has 1 aromatic carbocycles. The summed E-state index contributed by atoms with van der Waals surface area (Å²) in [4.78, 5) is 4.11. The third kappa shape index (κ3) is 1.96. The van der Waals surface area contributed by atoms with Gasteiger partial charge in [0.05, 0.1) is 11.7 Å². The van der Waals surface area contributed by atoms with E-state index in [4.69, 9.17) is 5.73 Å². The van der Waals surface area contributed by atoms with Crippen LogP contribution in [-0.2, 0) is 6.42 Å². The van der Waals surface area contributed by atoms with E-state index in [1.54, 1.807) is 6.20 Å². The molecule has 0 saturated carbocycles. The number of aromatic nitrogens is 1. The molecule has 0 fully saturated rings. The molecule has 1 heterocycles. The smallest absolute Gasteiger partial charge is 0.0531 e. The summed E-state index contributed by atoms with van der Waals surface area (Å²) in [6.07, 6.45) is 5.86. The molecule has 1 aromatic heterocycles. The van der Waals surface area contributed by atoms with Gasteiger partial charge in [-0.05, 0) is 48.2 Å². The van der Waals surface area contributed by atoms with E-state index in [0.717, 1.165) is 24.2 Å². The number of pyridine rings is 1. The molecule has 0 radical (unpaired) electrons. The molecule has 1 atom stereocenters. The van der Waals surface area contributed by atoms with E-state index in [2.05, 4.69) is 22.4 Å². The minimum Gasteiger partial charge on any atom is -0.399 e. The van der Waals surface area contributed by atoms with Gasteiger partial charge in [-0.1, -0.05) is 6.07 Å². The molecule has 0 aliphatic heterocycles. The Morgan fingerprint density at radius 2 is 2.24 bits per heavy atom. The number of nitrogen functional groups attached to an aromatic ring is 1. The highest BCUT2D eigenvalue weighted by Crippen LogP contribution is 2.34. The number of anilines is 2. The van der Waals surface area contributed by atoms with E-state index >= 15 is 0 Å². The maximum atomic E-state index is 5.80. The van der Waals surface area contributed by atoms with E-state index in [1.807, 2.05) is 24.4 Å². The monoisotopic (exact) mass is 225 g/mol. The van der Waals surface area contributed by atoms with Crippen molar-refractivity contribution in [3.8, 4) is 0 Å². The van der Waals surface area contributed by atoms with Gasteiger partial charge in [0.1, 0.15) is 0 Å². The number of nitrogens with two attached hydrogens (primary N) is 1. The molecule has 3 heteroatoms. The van der Waals surface area contributed by atoms with E-state index in [0.29, 0.717) is 6.04 Å². The molecule has 1 aliphatic carbocycles. The van der Waals surface area contributed by atoms with Crippen molar-refractivity contribution in [3.63, 3.8) is 0 Å². The number of benzene rings is 1. The van der Waals surface area contributed by atoms with Gasteiger partial charge in [-0.2, -0.15) is 0 Å². The lowest BCUT2D eigenvalue weighted by molar-refractivity contribution is 0.761. The van der Waals surface area contributed by atoms with Crippen LogP contribution in [0.3, 0.4) is 0 Å². The Morgan fingerprint density at radius 3 is 3.06 bits per heavy atom. The van der Waals surface area contributed by atoms with Crippen LogP contribution in [0, 0.1) is 0 Å². The fourth-order valence-corrected chi connectivity index (χ4v) is 2.44. The van der Waals surface area contributed by atoms with Gasteiger partial charge >= 0.3 is 0 Å². The normalized spacial score (nSPS) is 17.8. The Labute approximate surface area is 101 Å². The molecule has 0 saturated heterocycles. The van der Waals surface area contributed by atoms with Crippen molar-refractivity contribution in [2.75, 3.05) is 11.1 Å². The van der Waals surface area contributed by atoms with Crippen LogP contribution in [0.15, 0.2) is 42.7 Å². The first-order valence-corrected chi connectivity index (χ1v) is 5.88. The molecule has 0 amide bonds. The van der Waals surface area contributed by atoms with E-state index in [1.165, 1.54) is 11.1 Å². The maximum Gasteiger partial charge on any atom is 0.0531 e. The van der Waals surface area contributed by atoms with Gasteiger partial charge in [-0.3, -0.25) is 4.98 Å². The lowest BCUT2D eigenvalue weighted by Crippen LogP contribution is -2.07. The summed E-state index contributed by atoms with van der Waals surface area (Å²) in [6.45, 7) is 0. The summed E-state index contributed by atoms with van der Waals surface area (Å²) in [5, 5.41) is 3.51. The average molecular weight is 225 g/mol. The Balaban J connectivity index is 1.85. The highest BCUT2D eigenvalue weighted by Gasteiger charge is 2.22. The Bertz CT molecular complexity index is 522. The van der Waals surface area contributed by atoms with Gasteiger partial charge in [0, 0.05) is 18.1 Å². The molecule has 3 rings (SSSR count). The predicted molar refractivity (Wildman–Crippen MR) is 69.8 cm³/mol. The molecule has 1 aliphatic rings. The lowest BCUT2D eigenvalue weighted by Gasteiger charge is -2.15. The summed E-state index contributed by atoms with van der Waals surface area (Å²) < 4.78 is 0. The molecule has 3 nitrogen and oxygen atoms in total. The first-order chi connectivity index (χ1) is 8.33. The van der Waals surface area contributed by atoms with E-state index < -0.39 is 0 Å². The second kappa shape index (κ2) is 4.09. The molecule has 3 N–H and O–H groups in total. The molecule has 17 heavy (non-hydrogen) atoms. The van der Waals surface area contributed by atoms with Gasteiger partial charge < -0.3 is 11.1 Å². The molecule has 2 aromatic rings.